The number of halogens is 2. The minimum absolute atomic E-state index is 0.202. The van der Waals surface area contributed by atoms with Crippen LogP contribution in [0.15, 0.2) is 48.8 Å². The van der Waals surface area contributed by atoms with Crippen molar-refractivity contribution in [2.24, 2.45) is 11.8 Å². The Hall–Kier alpha value is -3.56. The lowest BCUT2D eigenvalue weighted by molar-refractivity contribution is 0.234. The monoisotopic (exact) mass is 507 g/mol. The molecule has 10 heteroatoms. The van der Waals surface area contributed by atoms with Crippen molar-refractivity contribution in [3.8, 4) is 11.3 Å². The van der Waals surface area contributed by atoms with Gasteiger partial charge in [0, 0.05) is 24.5 Å². The molecule has 4 aromatic rings. The number of nitrogens with one attached hydrogen (secondary N) is 3. The normalized spacial score (nSPS) is 17.8. The molecular formula is C26H27ClFN7O. The van der Waals surface area contributed by atoms with E-state index in [0.717, 1.165) is 18.4 Å². The number of hydrogen-bond donors (Lipinski definition) is 4. The van der Waals surface area contributed by atoms with Gasteiger partial charge in [-0.15, -0.1) is 0 Å². The third-order valence-electron chi connectivity index (χ3n) is 6.77. The van der Waals surface area contributed by atoms with Crippen LogP contribution in [0.5, 0.6) is 0 Å². The first-order chi connectivity index (χ1) is 17.4. The van der Waals surface area contributed by atoms with E-state index in [2.05, 4.69) is 22.2 Å². The first-order valence-corrected chi connectivity index (χ1v) is 12.3. The van der Waals surface area contributed by atoms with Gasteiger partial charge < -0.3 is 9.88 Å². The SMILES string of the molecule is C[C@H]1CC[C@H](Cn2c(Nc3ccccc3F)nc3cc(C(=N)NO)nc(-c4cncc(Cl)c4)c32)CC1. The topological polar surface area (TPSA) is 112 Å². The maximum atomic E-state index is 14.6. The number of benzene rings is 1. The lowest BCUT2D eigenvalue weighted by Crippen LogP contribution is -2.21. The lowest BCUT2D eigenvalue weighted by Gasteiger charge is -2.27. The van der Waals surface area contributed by atoms with Crippen molar-refractivity contribution in [2.75, 3.05) is 5.32 Å². The van der Waals surface area contributed by atoms with E-state index in [-0.39, 0.29) is 17.3 Å². The molecule has 0 saturated heterocycles. The zero-order chi connectivity index (χ0) is 25.2. The van der Waals surface area contributed by atoms with Crippen molar-refractivity contribution in [1.82, 2.24) is 25.0 Å². The van der Waals surface area contributed by atoms with Crippen molar-refractivity contribution in [1.29, 1.82) is 5.41 Å². The third kappa shape index (κ3) is 4.89. The molecule has 4 N–H and O–H groups in total. The summed E-state index contributed by atoms with van der Waals surface area (Å²) in [5.41, 5.74) is 4.83. The maximum absolute atomic E-state index is 14.6. The van der Waals surface area contributed by atoms with Crippen LogP contribution in [0.4, 0.5) is 16.0 Å². The molecular weight excluding hydrogens is 481 g/mol. The summed E-state index contributed by atoms with van der Waals surface area (Å²) in [6, 6.07) is 9.85. The number of hydroxylamine groups is 1. The molecule has 1 aliphatic rings. The van der Waals surface area contributed by atoms with Crippen LogP contribution in [0.1, 0.15) is 38.3 Å². The number of aromatic nitrogens is 4. The highest BCUT2D eigenvalue weighted by atomic mass is 35.5. The summed E-state index contributed by atoms with van der Waals surface area (Å²) >= 11 is 6.25. The van der Waals surface area contributed by atoms with Gasteiger partial charge in [0.05, 0.1) is 27.4 Å². The minimum atomic E-state index is -0.382. The fraction of sp³-hybridized carbons (Fsp3) is 0.308. The van der Waals surface area contributed by atoms with E-state index < -0.39 is 0 Å². The van der Waals surface area contributed by atoms with E-state index in [0.29, 0.717) is 51.8 Å². The molecule has 8 nitrogen and oxygen atoms in total. The van der Waals surface area contributed by atoms with Gasteiger partial charge in [0.1, 0.15) is 11.5 Å². The smallest absolute Gasteiger partial charge is 0.208 e. The van der Waals surface area contributed by atoms with E-state index in [1.807, 2.05) is 10.0 Å². The molecule has 0 amide bonds. The molecule has 1 fully saturated rings. The Bertz CT molecular complexity index is 1410. The van der Waals surface area contributed by atoms with E-state index in [9.17, 15) is 9.60 Å². The van der Waals surface area contributed by atoms with Gasteiger partial charge in [-0.3, -0.25) is 21.1 Å². The van der Waals surface area contributed by atoms with Crippen LogP contribution in [-0.2, 0) is 6.54 Å². The summed E-state index contributed by atoms with van der Waals surface area (Å²) in [4.78, 5) is 13.7. The average molecular weight is 508 g/mol. The number of rotatable bonds is 6. The highest BCUT2D eigenvalue weighted by Gasteiger charge is 2.25. The summed E-state index contributed by atoms with van der Waals surface area (Å²) < 4.78 is 16.6. The number of nitrogens with zero attached hydrogens (tertiary/aromatic N) is 4. The summed E-state index contributed by atoms with van der Waals surface area (Å²) in [6.07, 6.45) is 7.71. The number of fused-ring (bicyclic) bond motifs is 1. The van der Waals surface area contributed by atoms with Crippen LogP contribution in [0.2, 0.25) is 5.02 Å². The third-order valence-corrected chi connectivity index (χ3v) is 6.97. The standard InChI is InChI=1S/C26H27ClFN7O/c1-15-6-8-16(9-7-15)14-35-24-21(33-26(35)32-20-5-3-2-4-19(20)28)11-22(25(29)34-36)31-23(24)17-10-18(27)13-30-12-17/h2-5,10-13,15-16,36H,6-9,14H2,1H3,(H2,29,34)(H,32,33)/t15-,16-. The van der Waals surface area contributed by atoms with E-state index >= 15 is 0 Å². The van der Waals surface area contributed by atoms with Crippen molar-refractivity contribution in [3.63, 3.8) is 0 Å². The molecule has 0 spiro atoms. The van der Waals surface area contributed by atoms with Gasteiger partial charge in [0.2, 0.25) is 5.95 Å². The number of amidine groups is 1. The predicted octanol–water partition coefficient (Wildman–Crippen LogP) is 6.16. The maximum Gasteiger partial charge on any atom is 0.208 e. The number of hydrogen-bond acceptors (Lipinski definition) is 6. The Balaban J connectivity index is 1.71. The van der Waals surface area contributed by atoms with Gasteiger partial charge in [-0.2, -0.15) is 0 Å². The average Bonchev–Trinajstić information content (AvgIpc) is 3.22. The van der Waals surface area contributed by atoms with E-state index in [1.165, 1.54) is 25.1 Å². The number of pyridine rings is 2. The molecule has 0 atom stereocenters. The second-order valence-electron chi connectivity index (χ2n) is 9.38. The predicted molar refractivity (Wildman–Crippen MR) is 138 cm³/mol. The lowest BCUT2D eigenvalue weighted by atomic mass is 9.83. The molecule has 1 aromatic carbocycles. The second kappa shape index (κ2) is 10.2. The zero-order valence-corrected chi connectivity index (χ0v) is 20.6. The fourth-order valence-electron chi connectivity index (χ4n) is 4.81. The van der Waals surface area contributed by atoms with Gasteiger partial charge in [0.15, 0.2) is 5.84 Å². The molecule has 0 unspecified atom stereocenters. The Labute approximate surface area is 213 Å². The molecule has 3 heterocycles. The highest BCUT2D eigenvalue weighted by Crippen LogP contribution is 2.36. The van der Waals surface area contributed by atoms with Crippen LogP contribution in [0.25, 0.3) is 22.3 Å². The first kappa shape index (κ1) is 24.1. The van der Waals surface area contributed by atoms with Gasteiger partial charge in [-0.1, -0.05) is 43.5 Å². The Morgan fingerprint density at radius 3 is 2.67 bits per heavy atom. The molecule has 1 saturated carbocycles. The molecule has 186 valence electrons. The summed E-state index contributed by atoms with van der Waals surface area (Å²) in [5, 5.41) is 21.1. The van der Waals surface area contributed by atoms with Gasteiger partial charge in [0.25, 0.3) is 0 Å². The fourth-order valence-corrected chi connectivity index (χ4v) is 4.98. The Morgan fingerprint density at radius 2 is 1.94 bits per heavy atom. The van der Waals surface area contributed by atoms with E-state index in [1.54, 1.807) is 36.5 Å². The molecule has 0 bridgehead atoms. The van der Waals surface area contributed by atoms with Crippen LogP contribution >= 0.6 is 11.6 Å². The largest absolute Gasteiger partial charge is 0.323 e. The summed E-state index contributed by atoms with van der Waals surface area (Å²) in [6.45, 7) is 2.96. The molecule has 0 aliphatic heterocycles. The van der Waals surface area contributed by atoms with Crippen molar-refractivity contribution in [3.05, 3.63) is 65.3 Å². The van der Waals surface area contributed by atoms with Crippen molar-refractivity contribution in [2.45, 2.75) is 39.2 Å². The molecule has 0 radical (unpaired) electrons. The quantitative estimate of drug-likeness (QED) is 0.141. The van der Waals surface area contributed by atoms with Crippen molar-refractivity contribution >= 4 is 40.1 Å². The molecule has 5 rings (SSSR count). The Kier molecular flexibility index (Phi) is 6.84. The highest BCUT2D eigenvalue weighted by molar-refractivity contribution is 6.30. The summed E-state index contributed by atoms with van der Waals surface area (Å²) in [5.74, 6) is 0.972. The van der Waals surface area contributed by atoms with Gasteiger partial charge in [-0.25, -0.2) is 14.4 Å². The second-order valence-corrected chi connectivity index (χ2v) is 9.82. The zero-order valence-electron chi connectivity index (χ0n) is 19.8. The number of para-hydroxylation sites is 1. The Morgan fingerprint density at radius 1 is 1.17 bits per heavy atom. The molecule has 36 heavy (non-hydrogen) atoms. The number of anilines is 2. The minimum Gasteiger partial charge on any atom is -0.323 e. The van der Waals surface area contributed by atoms with Crippen LogP contribution in [0.3, 0.4) is 0 Å². The van der Waals surface area contributed by atoms with Crippen LogP contribution < -0.4 is 10.8 Å². The van der Waals surface area contributed by atoms with Crippen LogP contribution in [0, 0.1) is 23.1 Å². The molecule has 3 aromatic heterocycles. The molecule has 1 aliphatic carbocycles. The van der Waals surface area contributed by atoms with E-state index in [4.69, 9.17) is 22.0 Å². The van der Waals surface area contributed by atoms with Gasteiger partial charge in [-0.05, 0) is 48.9 Å². The number of imidazole rings is 1. The summed E-state index contributed by atoms with van der Waals surface area (Å²) in [7, 11) is 0. The van der Waals surface area contributed by atoms with Crippen LogP contribution in [-0.4, -0.2) is 30.6 Å². The first-order valence-electron chi connectivity index (χ1n) is 12.0. The van der Waals surface area contributed by atoms with Crippen molar-refractivity contribution < 1.29 is 9.60 Å². The van der Waals surface area contributed by atoms with Gasteiger partial charge >= 0.3 is 0 Å².